The number of nitrogens with zero attached hydrogens (tertiary/aromatic N) is 2. The second-order valence-corrected chi connectivity index (χ2v) is 4.43. The average molecular weight is 281 g/mol. The Labute approximate surface area is 119 Å². The summed E-state index contributed by atoms with van der Waals surface area (Å²) in [6.07, 6.45) is 3.02. The fourth-order valence-electron chi connectivity index (χ4n) is 1.96. The van der Waals surface area contributed by atoms with Crippen molar-refractivity contribution in [1.82, 2.24) is 9.38 Å². The molecule has 2 aromatic heterocycles. The molecule has 104 valence electrons. The number of rotatable bonds is 3. The fraction of sp³-hybridized carbons (Fsp3) is 0. The van der Waals surface area contributed by atoms with Crippen molar-refractivity contribution in [1.29, 1.82) is 0 Å². The van der Waals surface area contributed by atoms with Crippen LogP contribution in [-0.2, 0) is 0 Å². The molecule has 0 bridgehead atoms. The van der Waals surface area contributed by atoms with Gasteiger partial charge in [0.2, 0.25) is 0 Å². The zero-order chi connectivity index (χ0) is 14.8. The number of benzene rings is 1. The number of nitrogens with one attached hydrogen (secondary N) is 1. The second kappa shape index (κ2) is 5.09. The first-order valence-electron chi connectivity index (χ1n) is 6.22. The minimum absolute atomic E-state index is 0.0402. The van der Waals surface area contributed by atoms with Gasteiger partial charge in [-0.15, -0.1) is 0 Å². The number of anilines is 1. The summed E-state index contributed by atoms with van der Waals surface area (Å²) in [6.45, 7) is 0. The molecule has 3 aromatic rings. The highest BCUT2D eigenvalue weighted by molar-refractivity contribution is 6.04. The van der Waals surface area contributed by atoms with Crippen molar-refractivity contribution < 1.29 is 14.7 Å². The summed E-state index contributed by atoms with van der Waals surface area (Å²) < 4.78 is 1.56. The Kier molecular flexibility index (Phi) is 3.12. The Balaban J connectivity index is 1.87. The van der Waals surface area contributed by atoms with Crippen LogP contribution >= 0.6 is 0 Å². The van der Waals surface area contributed by atoms with Gasteiger partial charge < -0.3 is 14.8 Å². The van der Waals surface area contributed by atoms with E-state index >= 15 is 0 Å². The first-order chi connectivity index (χ1) is 10.1. The minimum atomic E-state index is -1.09. The van der Waals surface area contributed by atoms with Gasteiger partial charge in [0.1, 0.15) is 5.65 Å². The maximum Gasteiger partial charge on any atom is 0.356 e. The molecule has 0 radical (unpaired) electrons. The second-order valence-electron chi connectivity index (χ2n) is 4.43. The molecule has 6 nitrogen and oxygen atoms in total. The maximum absolute atomic E-state index is 12.0. The number of amides is 1. The maximum atomic E-state index is 12.0. The summed E-state index contributed by atoms with van der Waals surface area (Å²) in [5.41, 5.74) is 1.58. The first kappa shape index (κ1) is 12.9. The predicted molar refractivity (Wildman–Crippen MR) is 76.5 cm³/mol. The quantitative estimate of drug-likeness (QED) is 0.771. The lowest BCUT2D eigenvalue weighted by molar-refractivity contribution is 0.0691. The van der Waals surface area contributed by atoms with Crippen molar-refractivity contribution in [3.63, 3.8) is 0 Å². The summed E-state index contributed by atoms with van der Waals surface area (Å²) >= 11 is 0. The Morgan fingerprint density at radius 1 is 1.05 bits per heavy atom. The van der Waals surface area contributed by atoms with Gasteiger partial charge >= 0.3 is 5.97 Å². The van der Waals surface area contributed by atoms with Gasteiger partial charge in [-0.25, -0.2) is 9.78 Å². The van der Waals surface area contributed by atoms with Gasteiger partial charge in [-0.2, -0.15) is 0 Å². The number of carbonyl (C=O) groups excluding carboxylic acids is 1. The largest absolute Gasteiger partial charge is 0.476 e. The highest BCUT2D eigenvalue weighted by Crippen LogP contribution is 2.13. The molecule has 0 aliphatic carbocycles. The van der Waals surface area contributed by atoms with E-state index in [9.17, 15) is 9.59 Å². The van der Waals surface area contributed by atoms with Crippen LogP contribution in [0.15, 0.2) is 54.9 Å². The lowest BCUT2D eigenvalue weighted by Gasteiger charge is -2.05. The van der Waals surface area contributed by atoms with E-state index in [0.717, 1.165) is 0 Å². The van der Waals surface area contributed by atoms with Crippen LogP contribution < -0.4 is 5.32 Å². The zero-order valence-corrected chi connectivity index (χ0v) is 10.9. The number of carbonyl (C=O) groups is 2. The summed E-state index contributed by atoms with van der Waals surface area (Å²) in [4.78, 5) is 26.8. The predicted octanol–water partition coefficient (Wildman–Crippen LogP) is 2.28. The Bertz CT molecular complexity index is 825. The number of pyridine rings is 1. The van der Waals surface area contributed by atoms with Crippen molar-refractivity contribution in [3.05, 3.63) is 66.1 Å². The third-order valence-corrected chi connectivity index (χ3v) is 2.96. The van der Waals surface area contributed by atoms with E-state index < -0.39 is 5.97 Å². The molecule has 0 aliphatic heterocycles. The van der Waals surface area contributed by atoms with Crippen molar-refractivity contribution in [3.8, 4) is 0 Å². The number of aromatic carboxylic acids is 1. The number of fused-ring (bicyclic) bond motifs is 1. The van der Waals surface area contributed by atoms with Crippen LogP contribution in [-0.4, -0.2) is 26.4 Å². The van der Waals surface area contributed by atoms with Crippen molar-refractivity contribution in [2.45, 2.75) is 0 Å². The fourth-order valence-corrected chi connectivity index (χ4v) is 1.96. The number of imidazole rings is 1. The van der Waals surface area contributed by atoms with Crippen LogP contribution in [0.4, 0.5) is 5.69 Å². The topological polar surface area (TPSA) is 83.7 Å². The average Bonchev–Trinajstić information content (AvgIpc) is 2.91. The molecule has 6 heteroatoms. The normalized spacial score (nSPS) is 10.5. The van der Waals surface area contributed by atoms with Gasteiger partial charge in [0.15, 0.2) is 5.69 Å². The molecule has 0 aliphatic rings. The monoisotopic (exact) mass is 281 g/mol. The molecule has 0 saturated carbocycles. The number of hydrogen-bond donors (Lipinski definition) is 2. The van der Waals surface area contributed by atoms with E-state index in [1.165, 1.54) is 6.20 Å². The number of carboxylic acid groups (broad SMARTS) is 1. The van der Waals surface area contributed by atoms with E-state index in [1.54, 1.807) is 47.0 Å². The van der Waals surface area contributed by atoms with Gasteiger partial charge in [0, 0.05) is 18.0 Å². The van der Waals surface area contributed by atoms with E-state index in [-0.39, 0.29) is 11.6 Å². The summed E-state index contributed by atoms with van der Waals surface area (Å²) in [5, 5.41) is 11.7. The number of hydrogen-bond acceptors (Lipinski definition) is 3. The molecular weight excluding hydrogens is 270 g/mol. The van der Waals surface area contributed by atoms with Crippen LogP contribution in [0, 0.1) is 0 Å². The van der Waals surface area contributed by atoms with Crippen LogP contribution in [0.25, 0.3) is 5.65 Å². The van der Waals surface area contributed by atoms with E-state index in [1.807, 2.05) is 6.07 Å². The molecule has 21 heavy (non-hydrogen) atoms. The van der Waals surface area contributed by atoms with Crippen molar-refractivity contribution in [2.24, 2.45) is 0 Å². The smallest absolute Gasteiger partial charge is 0.356 e. The molecule has 0 saturated heterocycles. The Hall–Kier alpha value is -3.15. The van der Waals surface area contributed by atoms with Crippen LogP contribution in [0.5, 0.6) is 0 Å². The van der Waals surface area contributed by atoms with E-state index in [4.69, 9.17) is 5.11 Å². The molecule has 1 amide bonds. The molecule has 0 unspecified atom stereocenters. The Morgan fingerprint density at radius 3 is 2.52 bits per heavy atom. The van der Waals surface area contributed by atoms with Crippen molar-refractivity contribution in [2.75, 3.05) is 5.32 Å². The van der Waals surface area contributed by atoms with Gasteiger partial charge in [0.05, 0.1) is 5.69 Å². The molecule has 0 atom stereocenters. The van der Waals surface area contributed by atoms with Crippen LogP contribution in [0.3, 0.4) is 0 Å². The van der Waals surface area contributed by atoms with Gasteiger partial charge in [-0.05, 0) is 24.3 Å². The minimum Gasteiger partial charge on any atom is -0.476 e. The zero-order valence-electron chi connectivity index (χ0n) is 10.9. The molecule has 0 fully saturated rings. The number of carboxylic acids is 1. The number of aromatic nitrogens is 2. The summed E-state index contributed by atoms with van der Waals surface area (Å²) in [7, 11) is 0. The van der Waals surface area contributed by atoms with E-state index in [0.29, 0.717) is 16.9 Å². The molecule has 0 spiro atoms. The SMILES string of the molecule is O=C(Nc1ccc2nc(C(=O)O)cn2c1)c1ccccc1. The molecule has 1 aromatic carbocycles. The highest BCUT2D eigenvalue weighted by atomic mass is 16.4. The summed E-state index contributed by atoms with van der Waals surface area (Å²) in [6, 6.07) is 12.2. The summed E-state index contributed by atoms with van der Waals surface area (Å²) in [5.74, 6) is -1.32. The standard InChI is InChI=1S/C15H11N3O3/c19-14(10-4-2-1-3-5-10)16-11-6-7-13-17-12(15(20)21)9-18(13)8-11/h1-9H,(H,16,19)(H,20,21). The van der Waals surface area contributed by atoms with Gasteiger partial charge in [-0.1, -0.05) is 18.2 Å². The molecule has 3 rings (SSSR count). The van der Waals surface area contributed by atoms with Crippen LogP contribution in [0.1, 0.15) is 20.8 Å². The van der Waals surface area contributed by atoms with Gasteiger partial charge in [-0.3, -0.25) is 4.79 Å². The molecular formula is C15H11N3O3. The third-order valence-electron chi connectivity index (χ3n) is 2.96. The van der Waals surface area contributed by atoms with Gasteiger partial charge in [0.25, 0.3) is 5.91 Å². The third kappa shape index (κ3) is 2.59. The van der Waals surface area contributed by atoms with Crippen molar-refractivity contribution >= 4 is 23.2 Å². The molecule has 2 N–H and O–H groups in total. The van der Waals surface area contributed by atoms with E-state index in [2.05, 4.69) is 10.3 Å². The highest BCUT2D eigenvalue weighted by Gasteiger charge is 2.10. The first-order valence-corrected chi connectivity index (χ1v) is 6.22. The van der Waals surface area contributed by atoms with Crippen LogP contribution in [0.2, 0.25) is 0 Å². The Morgan fingerprint density at radius 2 is 1.81 bits per heavy atom. The lowest BCUT2D eigenvalue weighted by atomic mass is 10.2. The lowest BCUT2D eigenvalue weighted by Crippen LogP contribution is -2.11. The molecule has 2 heterocycles.